The monoisotopic (exact) mass is 597 g/mol. The molecule has 41 heavy (non-hydrogen) atoms. The Labute approximate surface area is 244 Å². The number of nitrogens with zero attached hydrogens (tertiary/aromatic N) is 1. The molecule has 1 aliphatic heterocycles. The zero-order valence-electron chi connectivity index (χ0n) is 22.6. The summed E-state index contributed by atoms with van der Waals surface area (Å²) in [5.74, 6) is 0.814. The average Bonchev–Trinajstić information content (AvgIpc) is 3.65. The fourth-order valence-electron chi connectivity index (χ4n) is 4.48. The maximum absolute atomic E-state index is 13.5. The molecule has 0 unspecified atom stereocenters. The zero-order valence-corrected chi connectivity index (χ0v) is 24.2. The van der Waals surface area contributed by atoms with Gasteiger partial charge in [0.05, 0.1) is 4.90 Å². The number of aryl methyl sites for hydroxylation is 1. The lowest BCUT2D eigenvalue weighted by molar-refractivity contribution is -0.140. The highest BCUT2D eigenvalue weighted by molar-refractivity contribution is 7.89. The van der Waals surface area contributed by atoms with E-state index in [4.69, 9.17) is 21.1 Å². The van der Waals surface area contributed by atoms with Gasteiger partial charge in [-0.2, -0.15) is 0 Å². The molecule has 0 bridgehead atoms. The number of fused-ring (bicyclic) bond motifs is 1. The molecule has 0 saturated heterocycles. The number of hydrogen-bond donors (Lipinski definition) is 2. The van der Waals surface area contributed by atoms with E-state index in [0.29, 0.717) is 22.9 Å². The normalized spacial score (nSPS) is 14.9. The van der Waals surface area contributed by atoms with Crippen molar-refractivity contribution in [3.05, 3.63) is 88.4 Å². The van der Waals surface area contributed by atoms with Crippen molar-refractivity contribution in [1.82, 2.24) is 14.9 Å². The van der Waals surface area contributed by atoms with Crippen molar-refractivity contribution in [2.75, 3.05) is 6.79 Å². The maximum atomic E-state index is 13.5. The largest absolute Gasteiger partial charge is 0.454 e. The minimum Gasteiger partial charge on any atom is -0.454 e. The predicted molar refractivity (Wildman–Crippen MR) is 154 cm³/mol. The summed E-state index contributed by atoms with van der Waals surface area (Å²) < 4.78 is 38.3. The second-order valence-corrected chi connectivity index (χ2v) is 12.4. The van der Waals surface area contributed by atoms with Crippen molar-refractivity contribution >= 4 is 33.4 Å². The highest BCUT2D eigenvalue weighted by Crippen LogP contribution is 2.32. The van der Waals surface area contributed by atoms with E-state index >= 15 is 0 Å². The second-order valence-electron chi connectivity index (χ2n) is 10.3. The van der Waals surface area contributed by atoms with E-state index in [0.717, 1.165) is 29.5 Å². The number of amides is 2. The lowest BCUT2D eigenvalue weighted by Crippen LogP contribution is -2.47. The summed E-state index contributed by atoms with van der Waals surface area (Å²) >= 11 is 6.04. The molecule has 0 spiro atoms. The Hall–Kier alpha value is -3.60. The summed E-state index contributed by atoms with van der Waals surface area (Å²) in [7, 11) is -3.54. The smallest absolute Gasteiger partial charge is 0.242 e. The number of hydrogen-bond acceptors (Lipinski definition) is 6. The molecule has 11 heteroatoms. The van der Waals surface area contributed by atoms with Gasteiger partial charge in [-0.05, 0) is 79.3 Å². The first-order chi connectivity index (χ1) is 19.7. The van der Waals surface area contributed by atoms with Crippen LogP contribution in [-0.4, -0.2) is 44.0 Å². The van der Waals surface area contributed by atoms with Crippen molar-refractivity contribution in [2.24, 2.45) is 0 Å². The number of carbonyl (C=O) groups is 2. The van der Waals surface area contributed by atoms with Gasteiger partial charge in [-0.3, -0.25) is 9.59 Å². The van der Waals surface area contributed by atoms with Crippen LogP contribution in [0.3, 0.4) is 0 Å². The average molecular weight is 598 g/mol. The number of nitrogens with one attached hydrogen (secondary N) is 2. The van der Waals surface area contributed by atoms with Crippen LogP contribution < -0.4 is 19.5 Å². The summed E-state index contributed by atoms with van der Waals surface area (Å²) in [6, 6.07) is 18.5. The van der Waals surface area contributed by atoms with Gasteiger partial charge >= 0.3 is 0 Å². The van der Waals surface area contributed by atoms with Crippen LogP contribution in [0.2, 0.25) is 5.02 Å². The molecule has 1 fully saturated rings. The van der Waals surface area contributed by atoms with Gasteiger partial charge in [-0.15, -0.1) is 0 Å². The van der Waals surface area contributed by atoms with E-state index < -0.39 is 16.1 Å². The molecule has 1 saturated carbocycles. The number of rotatable bonds is 12. The lowest BCUT2D eigenvalue weighted by atomic mass is 10.1. The molecule has 2 aliphatic rings. The Morgan fingerprint density at radius 1 is 0.951 bits per heavy atom. The summed E-state index contributed by atoms with van der Waals surface area (Å²) in [5, 5.41) is 3.50. The number of carbonyl (C=O) groups excluding carboxylic acids is 2. The molecule has 2 N–H and O–H groups in total. The minimum atomic E-state index is -3.54. The van der Waals surface area contributed by atoms with Crippen LogP contribution in [0, 0.1) is 0 Å². The molecule has 1 atom stereocenters. The summed E-state index contributed by atoms with van der Waals surface area (Å²) in [5.41, 5.74) is 2.52. The lowest BCUT2D eigenvalue weighted by Gasteiger charge is -2.29. The Morgan fingerprint density at radius 3 is 2.32 bits per heavy atom. The maximum Gasteiger partial charge on any atom is 0.242 e. The molecule has 3 aromatic rings. The van der Waals surface area contributed by atoms with E-state index in [9.17, 15) is 18.0 Å². The topological polar surface area (TPSA) is 114 Å². The third kappa shape index (κ3) is 7.58. The molecule has 0 aromatic heterocycles. The van der Waals surface area contributed by atoms with E-state index in [-0.39, 0.29) is 49.1 Å². The van der Waals surface area contributed by atoms with Gasteiger partial charge in [-0.1, -0.05) is 41.9 Å². The van der Waals surface area contributed by atoms with Crippen molar-refractivity contribution in [3.63, 3.8) is 0 Å². The standard InChI is InChI=1S/C30H32ClN3O6S/c1-20(30(36)32-17-23-6-14-27-28(16-23)40-19-39-27)34(18-22-2-8-24(31)9-3-22)29(35)15-7-21-4-12-26(13-5-21)41(37,38)33-25-10-11-25/h2-6,8-9,12-14,16,20,25,33H,7,10-11,15,17-19H2,1H3,(H,32,36)/t20-/m1/s1. The van der Waals surface area contributed by atoms with Gasteiger partial charge in [0.1, 0.15) is 6.04 Å². The molecular formula is C30H32ClN3O6S. The summed E-state index contributed by atoms with van der Waals surface area (Å²) in [6.07, 6.45) is 2.28. The zero-order chi connectivity index (χ0) is 29.0. The predicted octanol–water partition coefficient (Wildman–Crippen LogP) is 4.18. The van der Waals surface area contributed by atoms with Gasteiger partial charge in [0.2, 0.25) is 28.6 Å². The van der Waals surface area contributed by atoms with Crippen LogP contribution in [0.4, 0.5) is 0 Å². The third-order valence-electron chi connectivity index (χ3n) is 7.10. The Morgan fingerprint density at radius 2 is 1.61 bits per heavy atom. The van der Waals surface area contributed by atoms with Gasteiger partial charge in [0.15, 0.2) is 11.5 Å². The van der Waals surface area contributed by atoms with Crippen LogP contribution in [0.1, 0.15) is 42.9 Å². The van der Waals surface area contributed by atoms with Crippen molar-refractivity contribution in [1.29, 1.82) is 0 Å². The molecule has 0 radical (unpaired) electrons. The fourth-order valence-corrected chi connectivity index (χ4v) is 5.91. The quantitative estimate of drug-likeness (QED) is 0.324. The van der Waals surface area contributed by atoms with Crippen LogP contribution >= 0.6 is 11.6 Å². The molecule has 9 nitrogen and oxygen atoms in total. The fraction of sp³-hybridized carbons (Fsp3) is 0.333. The highest BCUT2D eigenvalue weighted by atomic mass is 35.5. The molecule has 1 heterocycles. The molecule has 2 amide bonds. The van der Waals surface area contributed by atoms with Crippen LogP contribution in [0.15, 0.2) is 71.6 Å². The van der Waals surface area contributed by atoms with E-state index in [1.165, 1.54) is 0 Å². The Balaban J connectivity index is 1.23. The van der Waals surface area contributed by atoms with Gasteiger partial charge in [0, 0.05) is 30.6 Å². The third-order valence-corrected chi connectivity index (χ3v) is 8.89. The van der Waals surface area contributed by atoms with E-state index in [2.05, 4.69) is 10.0 Å². The van der Waals surface area contributed by atoms with Gasteiger partial charge in [-0.25, -0.2) is 13.1 Å². The first-order valence-corrected chi connectivity index (χ1v) is 15.4. The molecular weight excluding hydrogens is 566 g/mol. The first-order valence-electron chi connectivity index (χ1n) is 13.5. The Bertz CT molecular complexity index is 1510. The summed E-state index contributed by atoms with van der Waals surface area (Å²) in [6.45, 7) is 2.38. The van der Waals surface area contributed by atoms with Crippen molar-refractivity contribution in [2.45, 2.75) is 62.7 Å². The number of benzene rings is 3. The van der Waals surface area contributed by atoms with Crippen LogP contribution in [-0.2, 0) is 39.1 Å². The minimum absolute atomic E-state index is 0.0279. The summed E-state index contributed by atoms with van der Waals surface area (Å²) in [4.78, 5) is 28.4. The highest BCUT2D eigenvalue weighted by Gasteiger charge is 2.28. The SMILES string of the molecule is C[C@H](C(=O)NCc1ccc2c(c1)OCO2)N(Cc1ccc(Cl)cc1)C(=O)CCc1ccc(S(=O)(=O)NC2CC2)cc1. The van der Waals surface area contributed by atoms with Crippen molar-refractivity contribution in [3.8, 4) is 11.5 Å². The van der Waals surface area contributed by atoms with Gasteiger partial charge in [0.25, 0.3) is 0 Å². The molecule has 3 aromatic carbocycles. The molecule has 5 rings (SSSR count). The van der Waals surface area contributed by atoms with Crippen molar-refractivity contribution < 1.29 is 27.5 Å². The number of halogens is 1. The number of ether oxygens (including phenoxy) is 2. The first kappa shape index (κ1) is 28.9. The Kier molecular flexibility index (Phi) is 8.82. The second kappa shape index (κ2) is 12.5. The van der Waals surface area contributed by atoms with E-state index in [1.807, 2.05) is 24.3 Å². The molecule has 216 valence electrons. The van der Waals surface area contributed by atoms with Gasteiger partial charge < -0.3 is 19.7 Å². The number of sulfonamides is 1. The van der Waals surface area contributed by atoms with Crippen LogP contribution in [0.5, 0.6) is 11.5 Å². The van der Waals surface area contributed by atoms with Crippen LogP contribution in [0.25, 0.3) is 0 Å². The molecule has 1 aliphatic carbocycles. The van der Waals surface area contributed by atoms with E-state index in [1.54, 1.807) is 54.3 Å².